The van der Waals surface area contributed by atoms with Gasteiger partial charge in [-0.2, -0.15) is 9.78 Å². The second-order valence-electron chi connectivity index (χ2n) is 7.50. The highest BCUT2D eigenvalue weighted by Crippen LogP contribution is 2.14. The van der Waals surface area contributed by atoms with Crippen LogP contribution in [0.3, 0.4) is 0 Å². The molecular weight excluding hydrogens is 423 g/mol. The predicted octanol–water partition coefficient (Wildman–Crippen LogP) is 2.78. The fourth-order valence-corrected chi connectivity index (χ4v) is 3.77. The third-order valence-electron chi connectivity index (χ3n) is 5.29. The van der Waals surface area contributed by atoms with Crippen molar-refractivity contribution in [2.75, 3.05) is 13.1 Å². The van der Waals surface area contributed by atoms with Crippen molar-refractivity contribution in [1.82, 2.24) is 19.2 Å². The van der Waals surface area contributed by atoms with Gasteiger partial charge in [0.05, 0.1) is 12.2 Å². The molecule has 1 amide bonds. The highest BCUT2D eigenvalue weighted by atomic mass is 35.5. The minimum atomic E-state index is -0.786. The topological polar surface area (TPSA) is 77.2 Å². The van der Waals surface area contributed by atoms with Crippen molar-refractivity contribution in [3.63, 3.8) is 0 Å². The van der Waals surface area contributed by atoms with Crippen LogP contribution in [0.15, 0.2) is 52.1 Å². The number of carbonyl (C=O) groups is 1. The van der Waals surface area contributed by atoms with Gasteiger partial charge < -0.3 is 4.90 Å². The third kappa shape index (κ3) is 4.16. The molecule has 0 unspecified atom stereocenters. The Kier molecular flexibility index (Phi) is 5.73. The highest BCUT2D eigenvalue weighted by molar-refractivity contribution is 6.30. The van der Waals surface area contributed by atoms with Crippen molar-refractivity contribution in [2.24, 2.45) is 0 Å². The second kappa shape index (κ2) is 8.47. The van der Waals surface area contributed by atoms with Crippen LogP contribution >= 0.6 is 11.6 Å². The van der Waals surface area contributed by atoms with E-state index in [-0.39, 0.29) is 17.9 Å². The van der Waals surface area contributed by atoms with E-state index in [0.717, 1.165) is 28.2 Å². The molecule has 0 atom stereocenters. The Morgan fingerprint density at radius 2 is 1.87 bits per heavy atom. The van der Waals surface area contributed by atoms with Crippen molar-refractivity contribution >= 4 is 17.5 Å². The molecule has 0 N–H and O–H groups in total. The van der Waals surface area contributed by atoms with Gasteiger partial charge in [-0.25, -0.2) is 9.18 Å². The smallest absolute Gasteiger partial charge is 0.337 e. The number of aromatic nitrogens is 3. The Hall–Kier alpha value is -3.26. The van der Waals surface area contributed by atoms with E-state index in [4.69, 9.17) is 11.6 Å². The normalized spacial score (nSPS) is 13.6. The predicted molar refractivity (Wildman–Crippen MR) is 114 cm³/mol. The Labute approximate surface area is 182 Å². The van der Waals surface area contributed by atoms with Gasteiger partial charge in [0, 0.05) is 24.2 Å². The molecule has 1 aromatic heterocycles. The standard InChI is InChI=1S/C22H20ClFN4O3/c1-14-7-8-17(12-18(14)24)28-22(31)27(13-15-5-4-6-16(23)11-15)21(30)19(25-28)20(29)26-9-2-3-10-26/h4-8,11-12H,2-3,9-10,13H2,1H3. The number of aryl methyl sites for hydroxylation is 1. The Morgan fingerprint density at radius 1 is 1.13 bits per heavy atom. The minimum absolute atomic E-state index is 0.102. The number of hydrogen-bond donors (Lipinski definition) is 0. The van der Waals surface area contributed by atoms with Gasteiger partial charge in [0.25, 0.3) is 11.5 Å². The summed E-state index contributed by atoms with van der Waals surface area (Å²) in [6, 6.07) is 10.9. The van der Waals surface area contributed by atoms with E-state index in [1.807, 2.05) is 0 Å². The summed E-state index contributed by atoms with van der Waals surface area (Å²) in [6.45, 7) is 2.53. The van der Waals surface area contributed by atoms with E-state index in [0.29, 0.717) is 29.2 Å². The van der Waals surface area contributed by atoms with E-state index >= 15 is 0 Å². The fourth-order valence-electron chi connectivity index (χ4n) is 3.56. The van der Waals surface area contributed by atoms with Gasteiger partial charge in [-0.1, -0.05) is 29.8 Å². The van der Waals surface area contributed by atoms with Crippen LogP contribution in [-0.4, -0.2) is 38.2 Å². The largest absolute Gasteiger partial charge is 0.352 e. The van der Waals surface area contributed by atoms with Crippen molar-refractivity contribution in [1.29, 1.82) is 0 Å². The van der Waals surface area contributed by atoms with Crippen LogP contribution in [-0.2, 0) is 6.54 Å². The highest BCUT2D eigenvalue weighted by Gasteiger charge is 2.26. The lowest BCUT2D eigenvalue weighted by atomic mass is 10.2. The number of hydrogen-bond acceptors (Lipinski definition) is 4. The Balaban J connectivity index is 1.90. The van der Waals surface area contributed by atoms with Crippen molar-refractivity contribution in [3.05, 3.63) is 91.0 Å². The first kappa shape index (κ1) is 21.0. The first-order valence-corrected chi connectivity index (χ1v) is 10.3. The van der Waals surface area contributed by atoms with Gasteiger partial charge in [0.15, 0.2) is 0 Å². The summed E-state index contributed by atoms with van der Waals surface area (Å²) < 4.78 is 16.0. The molecule has 1 aliphatic rings. The van der Waals surface area contributed by atoms with E-state index in [9.17, 15) is 18.8 Å². The van der Waals surface area contributed by atoms with E-state index in [1.165, 1.54) is 17.0 Å². The number of rotatable bonds is 4. The summed E-state index contributed by atoms with van der Waals surface area (Å²) in [4.78, 5) is 40.8. The SMILES string of the molecule is Cc1ccc(-n2nc(C(=O)N3CCCC3)c(=O)n(Cc3cccc(Cl)c3)c2=O)cc1F. The maximum absolute atomic E-state index is 14.2. The Morgan fingerprint density at radius 3 is 2.55 bits per heavy atom. The van der Waals surface area contributed by atoms with Crippen molar-refractivity contribution in [2.45, 2.75) is 26.3 Å². The average molecular weight is 443 g/mol. The van der Waals surface area contributed by atoms with E-state index in [1.54, 1.807) is 31.2 Å². The zero-order chi connectivity index (χ0) is 22.1. The maximum atomic E-state index is 14.2. The molecule has 0 aliphatic carbocycles. The van der Waals surface area contributed by atoms with E-state index < -0.39 is 23.0 Å². The first-order chi connectivity index (χ1) is 14.8. The van der Waals surface area contributed by atoms with Gasteiger partial charge in [0.1, 0.15) is 5.82 Å². The molecule has 0 radical (unpaired) electrons. The first-order valence-electron chi connectivity index (χ1n) is 9.89. The number of likely N-dealkylation sites (tertiary alicyclic amines) is 1. The van der Waals surface area contributed by atoms with Gasteiger partial charge in [-0.15, -0.1) is 0 Å². The quantitative estimate of drug-likeness (QED) is 0.622. The van der Waals surface area contributed by atoms with Crippen LogP contribution in [0.1, 0.15) is 34.5 Å². The lowest BCUT2D eigenvalue weighted by molar-refractivity contribution is 0.0781. The monoisotopic (exact) mass is 442 g/mol. The molecule has 1 aliphatic heterocycles. The molecule has 2 heterocycles. The second-order valence-corrected chi connectivity index (χ2v) is 7.93. The molecule has 3 aromatic rings. The molecule has 9 heteroatoms. The van der Waals surface area contributed by atoms with Gasteiger partial charge in [-0.3, -0.25) is 14.2 Å². The van der Waals surface area contributed by atoms with Crippen LogP contribution in [0, 0.1) is 12.7 Å². The van der Waals surface area contributed by atoms with Crippen LogP contribution in [0.2, 0.25) is 5.02 Å². The molecule has 31 heavy (non-hydrogen) atoms. The lowest BCUT2D eigenvalue weighted by Crippen LogP contribution is -2.46. The molecule has 4 rings (SSSR count). The summed E-state index contributed by atoms with van der Waals surface area (Å²) in [7, 11) is 0. The number of benzene rings is 2. The van der Waals surface area contributed by atoms with Gasteiger partial charge in [-0.05, 0) is 49.1 Å². The summed E-state index contributed by atoms with van der Waals surface area (Å²) >= 11 is 6.03. The molecule has 2 aromatic carbocycles. The van der Waals surface area contributed by atoms with Crippen LogP contribution in [0.4, 0.5) is 4.39 Å². The zero-order valence-electron chi connectivity index (χ0n) is 16.8. The van der Waals surface area contributed by atoms with Crippen LogP contribution in [0.5, 0.6) is 0 Å². The number of nitrogens with zero attached hydrogens (tertiary/aromatic N) is 4. The van der Waals surface area contributed by atoms with Gasteiger partial charge in [0.2, 0.25) is 5.69 Å². The third-order valence-corrected chi connectivity index (χ3v) is 5.52. The molecule has 0 saturated carbocycles. The summed E-state index contributed by atoms with van der Waals surface area (Å²) in [5.74, 6) is -1.06. The average Bonchev–Trinajstić information content (AvgIpc) is 3.28. The summed E-state index contributed by atoms with van der Waals surface area (Å²) in [5.41, 5.74) is -0.790. The number of amides is 1. The molecule has 160 valence electrons. The molecule has 1 saturated heterocycles. The lowest BCUT2D eigenvalue weighted by Gasteiger charge is -2.17. The molecule has 1 fully saturated rings. The molecular formula is C22H20ClFN4O3. The zero-order valence-corrected chi connectivity index (χ0v) is 17.6. The molecule has 0 bridgehead atoms. The van der Waals surface area contributed by atoms with Crippen molar-refractivity contribution in [3.8, 4) is 5.69 Å². The van der Waals surface area contributed by atoms with E-state index in [2.05, 4.69) is 5.10 Å². The summed E-state index contributed by atoms with van der Waals surface area (Å²) in [5, 5.41) is 4.52. The number of halogens is 2. The van der Waals surface area contributed by atoms with Gasteiger partial charge >= 0.3 is 5.69 Å². The molecule has 7 nitrogen and oxygen atoms in total. The molecule has 0 spiro atoms. The summed E-state index contributed by atoms with van der Waals surface area (Å²) in [6.07, 6.45) is 1.68. The Bertz CT molecular complexity index is 1280. The fraction of sp³-hybridized carbons (Fsp3) is 0.273. The minimum Gasteiger partial charge on any atom is -0.337 e. The maximum Gasteiger partial charge on any atom is 0.352 e. The van der Waals surface area contributed by atoms with Crippen LogP contribution < -0.4 is 11.2 Å². The van der Waals surface area contributed by atoms with Crippen molar-refractivity contribution < 1.29 is 9.18 Å². The van der Waals surface area contributed by atoms with Crippen LogP contribution in [0.25, 0.3) is 5.69 Å². The number of carbonyl (C=O) groups excluding carboxylic acids is 1.